The van der Waals surface area contributed by atoms with Crippen molar-refractivity contribution in [2.75, 3.05) is 6.54 Å². The summed E-state index contributed by atoms with van der Waals surface area (Å²) in [6.45, 7) is 3.16. The van der Waals surface area contributed by atoms with Crippen LogP contribution >= 0.6 is 15.9 Å². The minimum absolute atomic E-state index is 0.179. The quantitative estimate of drug-likeness (QED) is 0.888. The lowest BCUT2D eigenvalue weighted by atomic mass is 9.76. The van der Waals surface area contributed by atoms with Gasteiger partial charge in [-0.3, -0.25) is 0 Å². The van der Waals surface area contributed by atoms with E-state index in [1.54, 1.807) is 6.07 Å². The summed E-state index contributed by atoms with van der Waals surface area (Å²) in [7, 11) is 0. The predicted octanol–water partition coefficient (Wildman–Crippen LogP) is 3.44. The fraction of sp³-hybridized carbons (Fsp3) is 0.500. The first kappa shape index (κ1) is 11.1. The van der Waals surface area contributed by atoms with Crippen LogP contribution in [0.25, 0.3) is 0 Å². The third-order valence-electron chi connectivity index (χ3n) is 3.05. The summed E-state index contributed by atoms with van der Waals surface area (Å²) in [4.78, 5) is 0. The van der Waals surface area contributed by atoms with Crippen molar-refractivity contribution in [3.8, 4) is 0 Å². The van der Waals surface area contributed by atoms with Gasteiger partial charge in [-0.25, -0.2) is 4.39 Å². The molecule has 82 valence electrons. The molecule has 0 atom stereocenters. The van der Waals surface area contributed by atoms with Crippen molar-refractivity contribution < 1.29 is 4.39 Å². The van der Waals surface area contributed by atoms with Gasteiger partial charge in [0.15, 0.2) is 0 Å². The molecule has 2 rings (SSSR count). The smallest absolute Gasteiger partial charge is 0.137 e. The van der Waals surface area contributed by atoms with Crippen molar-refractivity contribution in [2.45, 2.75) is 31.7 Å². The molecule has 1 aromatic rings. The number of rotatable bonds is 3. The zero-order valence-corrected chi connectivity index (χ0v) is 10.3. The number of nitrogens with one attached hydrogen (secondary N) is 1. The van der Waals surface area contributed by atoms with Crippen molar-refractivity contribution in [1.82, 2.24) is 5.32 Å². The van der Waals surface area contributed by atoms with Crippen molar-refractivity contribution >= 4 is 15.9 Å². The summed E-state index contributed by atoms with van der Waals surface area (Å²) in [6, 6.07) is 6.00. The fourth-order valence-electron chi connectivity index (χ4n) is 2.11. The lowest BCUT2D eigenvalue weighted by molar-refractivity contribution is 0.296. The van der Waals surface area contributed by atoms with Crippen LogP contribution in [-0.2, 0) is 0 Å². The predicted molar refractivity (Wildman–Crippen MR) is 63.5 cm³/mol. The molecular weight excluding hydrogens is 257 g/mol. The standard InChI is InChI=1S/C12H15BrFN/c1-2-15-10-5-9(6-10)8-3-4-12(14)11(13)7-8/h3-4,7,9-10,15H,2,5-6H2,1H3. The Bertz CT molecular complexity index is 347. The highest BCUT2D eigenvalue weighted by Crippen LogP contribution is 2.37. The molecule has 1 fully saturated rings. The summed E-state index contributed by atoms with van der Waals surface area (Å²) in [6.07, 6.45) is 2.35. The number of hydrogen-bond acceptors (Lipinski definition) is 1. The lowest BCUT2D eigenvalue weighted by Gasteiger charge is -2.36. The molecule has 3 heteroatoms. The van der Waals surface area contributed by atoms with Gasteiger partial charge in [0.1, 0.15) is 5.82 Å². The SMILES string of the molecule is CCNC1CC(c2ccc(F)c(Br)c2)C1. The highest BCUT2D eigenvalue weighted by molar-refractivity contribution is 9.10. The van der Waals surface area contributed by atoms with Crippen LogP contribution in [0.2, 0.25) is 0 Å². The number of hydrogen-bond donors (Lipinski definition) is 1. The van der Waals surface area contributed by atoms with E-state index in [-0.39, 0.29) is 5.82 Å². The molecule has 1 N–H and O–H groups in total. The third-order valence-corrected chi connectivity index (χ3v) is 3.65. The first-order chi connectivity index (χ1) is 7.20. The molecule has 0 aromatic heterocycles. The van der Waals surface area contributed by atoms with E-state index in [4.69, 9.17) is 0 Å². The Morgan fingerprint density at radius 1 is 1.47 bits per heavy atom. The first-order valence-electron chi connectivity index (χ1n) is 5.39. The summed E-state index contributed by atoms with van der Waals surface area (Å²) in [5.74, 6) is 0.423. The van der Waals surface area contributed by atoms with Gasteiger partial charge in [0.25, 0.3) is 0 Å². The van der Waals surface area contributed by atoms with Crippen molar-refractivity contribution in [3.63, 3.8) is 0 Å². The van der Waals surface area contributed by atoms with E-state index in [2.05, 4.69) is 28.2 Å². The zero-order valence-electron chi connectivity index (χ0n) is 8.76. The summed E-state index contributed by atoms with van der Waals surface area (Å²) < 4.78 is 13.6. The van der Waals surface area contributed by atoms with Gasteiger partial charge in [-0.15, -0.1) is 0 Å². The Morgan fingerprint density at radius 3 is 2.80 bits per heavy atom. The Morgan fingerprint density at radius 2 is 2.20 bits per heavy atom. The van der Waals surface area contributed by atoms with Crippen LogP contribution in [0, 0.1) is 5.82 Å². The molecule has 0 aliphatic heterocycles. The molecule has 0 spiro atoms. The third kappa shape index (κ3) is 2.40. The van der Waals surface area contributed by atoms with E-state index in [1.807, 2.05) is 12.1 Å². The van der Waals surface area contributed by atoms with Crippen molar-refractivity contribution in [3.05, 3.63) is 34.1 Å². The lowest BCUT2D eigenvalue weighted by Crippen LogP contribution is -2.39. The van der Waals surface area contributed by atoms with E-state index >= 15 is 0 Å². The molecule has 1 aliphatic rings. The number of halogens is 2. The normalized spacial score (nSPS) is 25.0. The molecular formula is C12H15BrFN. The minimum Gasteiger partial charge on any atom is -0.314 e. The maximum absolute atomic E-state index is 13.0. The van der Waals surface area contributed by atoms with Crippen LogP contribution < -0.4 is 5.32 Å². The van der Waals surface area contributed by atoms with Gasteiger partial charge in [-0.2, -0.15) is 0 Å². The van der Waals surface area contributed by atoms with Gasteiger partial charge in [0.05, 0.1) is 4.47 Å². The summed E-state index contributed by atoms with van der Waals surface area (Å²) >= 11 is 3.22. The van der Waals surface area contributed by atoms with Crippen LogP contribution in [0.3, 0.4) is 0 Å². The van der Waals surface area contributed by atoms with Gasteiger partial charge in [0.2, 0.25) is 0 Å². The maximum atomic E-state index is 13.0. The van der Waals surface area contributed by atoms with Gasteiger partial charge in [0, 0.05) is 6.04 Å². The Hall–Kier alpha value is -0.410. The zero-order chi connectivity index (χ0) is 10.8. The maximum Gasteiger partial charge on any atom is 0.137 e. The Kier molecular flexibility index (Phi) is 3.42. The molecule has 0 bridgehead atoms. The Labute approximate surface area is 98.2 Å². The van der Waals surface area contributed by atoms with Gasteiger partial charge in [-0.1, -0.05) is 13.0 Å². The first-order valence-corrected chi connectivity index (χ1v) is 6.18. The van der Waals surface area contributed by atoms with E-state index in [1.165, 1.54) is 18.4 Å². The van der Waals surface area contributed by atoms with Crippen molar-refractivity contribution in [1.29, 1.82) is 0 Å². The van der Waals surface area contributed by atoms with E-state index in [0.717, 1.165) is 6.54 Å². The van der Waals surface area contributed by atoms with E-state index in [9.17, 15) is 4.39 Å². The molecule has 1 aromatic carbocycles. The highest BCUT2D eigenvalue weighted by atomic mass is 79.9. The molecule has 1 nitrogen and oxygen atoms in total. The minimum atomic E-state index is -0.179. The van der Waals surface area contributed by atoms with E-state index in [0.29, 0.717) is 16.4 Å². The second-order valence-electron chi connectivity index (χ2n) is 4.10. The van der Waals surface area contributed by atoms with E-state index < -0.39 is 0 Å². The van der Waals surface area contributed by atoms with Crippen molar-refractivity contribution in [2.24, 2.45) is 0 Å². The number of benzene rings is 1. The molecule has 0 heterocycles. The molecule has 0 amide bonds. The molecule has 15 heavy (non-hydrogen) atoms. The summed E-state index contributed by atoms with van der Waals surface area (Å²) in [5.41, 5.74) is 1.25. The average Bonchev–Trinajstić information content (AvgIpc) is 2.16. The van der Waals surface area contributed by atoms with Crippen LogP contribution in [0.5, 0.6) is 0 Å². The second kappa shape index (κ2) is 4.62. The van der Waals surface area contributed by atoms with Crippen LogP contribution in [-0.4, -0.2) is 12.6 Å². The van der Waals surface area contributed by atoms with Gasteiger partial charge < -0.3 is 5.32 Å². The average molecular weight is 272 g/mol. The molecule has 1 saturated carbocycles. The fourth-order valence-corrected chi connectivity index (χ4v) is 2.51. The van der Waals surface area contributed by atoms with Crippen LogP contribution in [0.15, 0.2) is 22.7 Å². The second-order valence-corrected chi connectivity index (χ2v) is 4.95. The largest absolute Gasteiger partial charge is 0.314 e. The monoisotopic (exact) mass is 271 g/mol. The molecule has 0 radical (unpaired) electrons. The Balaban J connectivity index is 1.98. The molecule has 1 aliphatic carbocycles. The highest BCUT2D eigenvalue weighted by Gasteiger charge is 2.29. The summed E-state index contributed by atoms with van der Waals surface area (Å²) in [5, 5.41) is 3.42. The van der Waals surface area contributed by atoms with Gasteiger partial charge >= 0.3 is 0 Å². The molecule has 0 saturated heterocycles. The van der Waals surface area contributed by atoms with Crippen LogP contribution in [0.1, 0.15) is 31.2 Å². The molecule has 0 unspecified atom stereocenters. The van der Waals surface area contributed by atoms with Crippen LogP contribution in [0.4, 0.5) is 4.39 Å². The van der Waals surface area contributed by atoms with Gasteiger partial charge in [-0.05, 0) is 58.9 Å². The topological polar surface area (TPSA) is 12.0 Å².